The van der Waals surface area contributed by atoms with E-state index in [1.54, 1.807) is 0 Å². The Balaban J connectivity index is 2.72. The van der Waals surface area contributed by atoms with Crippen molar-refractivity contribution in [2.45, 2.75) is 6.42 Å². The molecular weight excluding hydrogens is 198 g/mol. The Hall–Kier alpha value is -0.530. The quantitative estimate of drug-likeness (QED) is 0.687. The molecule has 0 aliphatic heterocycles. The third-order valence-corrected chi connectivity index (χ3v) is 1.82. The Kier molecular flexibility index (Phi) is 3.57. The van der Waals surface area contributed by atoms with Crippen molar-refractivity contribution in [1.82, 2.24) is 0 Å². The molecule has 0 aromatic heterocycles. The van der Waals surface area contributed by atoms with E-state index in [9.17, 15) is 4.39 Å². The number of hydrogen-bond acceptors (Lipinski definition) is 0. The molecule has 0 nitrogen and oxygen atoms in total. The number of allylic oxidation sites excluding steroid dienone is 1. The number of hydrogen-bond donors (Lipinski definition) is 0. The van der Waals surface area contributed by atoms with Crippen LogP contribution in [0.1, 0.15) is 5.56 Å². The summed E-state index contributed by atoms with van der Waals surface area (Å²) in [5, 5.41) is 0. The van der Waals surface area contributed by atoms with Gasteiger partial charge in [-0.3, -0.25) is 0 Å². The van der Waals surface area contributed by atoms with Gasteiger partial charge in [0.2, 0.25) is 0 Å². The van der Waals surface area contributed by atoms with Crippen molar-refractivity contribution in [3.05, 3.63) is 46.2 Å². The molecule has 1 aromatic rings. The molecule has 0 spiro atoms. The molecule has 0 aliphatic rings. The van der Waals surface area contributed by atoms with Gasteiger partial charge in [-0.15, -0.1) is 0 Å². The normalized spacial score (nSPS) is 9.58. The van der Waals surface area contributed by atoms with Crippen LogP contribution >= 0.6 is 23.2 Å². The lowest BCUT2D eigenvalue weighted by atomic mass is 10.1. The molecule has 64 valence electrons. The van der Waals surface area contributed by atoms with Crippen LogP contribution in [0.15, 0.2) is 40.7 Å². The van der Waals surface area contributed by atoms with E-state index in [0.29, 0.717) is 0 Å². The Labute approximate surface area is 80.6 Å². The molecule has 3 heteroatoms. The highest BCUT2D eigenvalue weighted by atomic mass is 35.5. The van der Waals surface area contributed by atoms with Gasteiger partial charge in [0.15, 0.2) is 0 Å². The van der Waals surface area contributed by atoms with Crippen LogP contribution in [-0.4, -0.2) is 0 Å². The lowest BCUT2D eigenvalue weighted by Gasteiger charge is -1.97. The zero-order valence-electron chi connectivity index (χ0n) is 6.23. The van der Waals surface area contributed by atoms with Gasteiger partial charge in [0.25, 0.3) is 0 Å². The van der Waals surface area contributed by atoms with Gasteiger partial charge in [-0.1, -0.05) is 53.5 Å². The molecule has 0 amide bonds. The first-order valence-corrected chi connectivity index (χ1v) is 4.19. The van der Waals surface area contributed by atoms with E-state index in [-0.39, 0.29) is 10.9 Å². The molecule has 0 heterocycles. The van der Waals surface area contributed by atoms with Crippen molar-refractivity contribution in [2.75, 3.05) is 0 Å². The maximum atomic E-state index is 12.8. The summed E-state index contributed by atoms with van der Waals surface area (Å²) in [6.45, 7) is 0. The van der Waals surface area contributed by atoms with E-state index < -0.39 is 5.83 Å². The average Bonchev–Trinajstić information content (AvgIpc) is 2.06. The highest BCUT2D eigenvalue weighted by molar-refractivity contribution is 6.56. The van der Waals surface area contributed by atoms with Crippen LogP contribution in [-0.2, 0) is 6.42 Å². The van der Waals surface area contributed by atoms with E-state index in [0.717, 1.165) is 5.56 Å². The minimum Gasteiger partial charge on any atom is -0.209 e. The summed E-state index contributed by atoms with van der Waals surface area (Å²) in [5.41, 5.74) is 0.855. The fraction of sp³-hybridized carbons (Fsp3) is 0.111. The predicted molar refractivity (Wildman–Crippen MR) is 50.0 cm³/mol. The topological polar surface area (TPSA) is 0 Å². The molecule has 12 heavy (non-hydrogen) atoms. The third kappa shape index (κ3) is 2.84. The summed E-state index contributed by atoms with van der Waals surface area (Å²) in [4.78, 5) is 0. The molecule has 0 radical (unpaired) electrons. The van der Waals surface area contributed by atoms with Gasteiger partial charge in [0.1, 0.15) is 10.3 Å². The van der Waals surface area contributed by atoms with Crippen LogP contribution in [0.5, 0.6) is 0 Å². The minimum atomic E-state index is -0.496. The van der Waals surface area contributed by atoms with Gasteiger partial charge < -0.3 is 0 Å². The average molecular weight is 205 g/mol. The second-order valence-corrected chi connectivity index (χ2v) is 3.28. The van der Waals surface area contributed by atoms with E-state index >= 15 is 0 Å². The van der Waals surface area contributed by atoms with Crippen molar-refractivity contribution in [3.8, 4) is 0 Å². The van der Waals surface area contributed by atoms with Crippen molar-refractivity contribution in [3.63, 3.8) is 0 Å². The maximum Gasteiger partial charge on any atom is 0.138 e. The van der Waals surface area contributed by atoms with Crippen LogP contribution in [0.2, 0.25) is 0 Å². The van der Waals surface area contributed by atoms with E-state index in [2.05, 4.69) is 0 Å². The fourth-order valence-corrected chi connectivity index (χ4v) is 0.976. The van der Waals surface area contributed by atoms with Crippen molar-refractivity contribution < 1.29 is 4.39 Å². The van der Waals surface area contributed by atoms with Crippen LogP contribution in [0.3, 0.4) is 0 Å². The van der Waals surface area contributed by atoms with Crippen LogP contribution in [0.25, 0.3) is 0 Å². The summed E-state index contributed by atoms with van der Waals surface area (Å²) in [6, 6.07) is 9.18. The monoisotopic (exact) mass is 204 g/mol. The minimum absolute atomic E-state index is 0.156. The Morgan fingerprint density at radius 2 is 1.75 bits per heavy atom. The number of rotatable bonds is 2. The Bertz CT molecular complexity index is 276. The summed E-state index contributed by atoms with van der Waals surface area (Å²) >= 11 is 10.5. The van der Waals surface area contributed by atoms with Crippen molar-refractivity contribution in [1.29, 1.82) is 0 Å². The second kappa shape index (κ2) is 4.48. The predicted octanol–water partition coefficient (Wildman–Crippen LogP) is 3.85. The maximum absolute atomic E-state index is 12.8. The molecule has 0 unspecified atom stereocenters. The Morgan fingerprint density at radius 3 is 2.25 bits per heavy atom. The fourth-order valence-electron chi connectivity index (χ4n) is 0.842. The summed E-state index contributed by atoms with van der Waals surface area (Å²) in [7, 11) is 0. The molecule has 0 N–H and O–H groups in total. The lowest BCUT2D eigenvalue weighted by molar-refractivity contribution is 0.612. The molecule has 1 aromatic carbocycles. The summed E-state index contributed by atoms with van der Waals surface area (Å²) in [6.07, 6.45) is 0.156. The third-order valence-electron chi connectivity index (χ3n) is 1.41. The summed E-state index contributed by atoms with van der Waals surface area (Å²) < 4.78 is 12.5. The molecule has 0 atom stereocenters. The molecular formula is C9H7Cl2F. The van der Waals surface area contributed by atoms with Crippen LogP contribution < -0.4 is 0 Å². The molecule has 1 rings (SSSR count). The molecule has 0 aliphatic carbocycles. The van der Waals surface area contributed by atoms with Crippen molar-refractivity contribution in [2.24, 2.45) is 0 Å². The molecule has 0 saturated heterocycles. The SMILES string of the molecule is FC(Cc1ccccc1)=C(Cl)Cl. The first kappa shape index (κ1) is 9.56. The Morgan fingerprint density at radius 1 is 1.17 bits per heavy atom. The highest BCUT2D eigenvalue weighted by Crippen LogP contribution is 2.19. The van der Waals surface area contributed by atoms with Crippen molar-refractivity contribution >= 4 is 23.2 Å². The largest absolute Gasteiger partial charge is 0.209 e. The second-order valence-electron chi connectivity index (χ2n) is 2.33. The van der Waals surface area contributed by atoms with Gasteiger partial charge in [0.05, 0.1) is 0 Å². The van der Waals surface area contributed by atoms with Gasteiger partial charge >= 0.3 is 0 Å². The summed E-state index contributed by atoms with van der Waals surface area (Å²) in [5.74, 6) is -0.496. The molecule has 0 bridgehead atoms. The van der Waals surface area contributed by atoms with E-state index in [1.807, 2.05) is 30.3 Å². The highest BCUT2D eigenvalue weighted by Gasteiger charge is 2.01. The van der Waals surface area contributed by atoms with Crippen LogP contribution in [0.4, 0.5) is 4.39 Å². The van der Waals surface area contributed by atoms with E-state index in [1.165, 1.54) is 0 Å². The zero-order valence-corrected chi connectivity index (χ0v) is 7.74. The number of halogens is 3. The molecule has 0 saturated carbocycles. The van der Waals surface area contributed by atoms with Gasteiger partial charge in [0, 0.05) is 6.42 Å². The van der Waals surface area contributed by atoms with Gasteiger partial charge in [-0.2, -0.15) is 0 Å². The first-order valence-electron chi connectivity index (χ1n) is 3.43. The smallest absolute Gasteiger partial charge is 0.138 e. The zero-order chi connectivity index (χ0) is 8.97. The van der Waals surface area contributed by atoms with Gasteiger partial charge in [-0.05, 0) is 5.56 Å². The van der Waals surface area contributed by atoms with Gasteiger partial charge in [-0.25, -0.2) is 4.39 Å². The first-order chi connectivity index (χ1) is 5.70. The lowest BCUT2D eigenvalue weighted by Crippen LogP contribution is -1.84. The number of benzene rings is 1. The van der Waals surface area contributed by atoms with Crippen LogP contribution in [0, 0.1) is 0 Å². The standard InChI is InChI=1S/C9H7Cl2F/c10-9(11)8(12)6-7-4-2-1-3-5-7/h1-5H,6H2. The van der Waals surface area contributed by atoms with E-state index in [4.69, 9.17) is 23.2 Å². The molecule has 0 fully saturated rings.